The van der Waals surface area contributed by atoms with Crippen molar-refractivity contribution in [2.24, 2.45) is 0 Å². The number of aryl methyl sites for hydroxylation is 2. The molecule has 1 N–H and O–H groups in total. The summed E-state index contributed by atoms with van der Waals surface area (Å²) in [6.45, 7) is 3.68. The normalized spacial score (nSPS) is 11.7. The molecule has 3 aromatic rings. The average Bonchev–Trinajstić information content (AvgIpc) is 3.31. The molecule has 0 radical (unpaired) electrons. The van der Waals surface area contributed by atoms with E-state index in [0.29, 0.717) is 6.42 Å². The smallest absolute Gasteiger partial charge is 0.331 e. The highest BCUT2D eigenvalue weighted by molar-refractivity contribution is 5.94. The fourth-order valence-corrected chi connectivity index (χ4v) is 3.24. The van der Waals surface area contributed by atoms with E-state index in [0.717, 1.165) is 35.2 Å². The predicted octanol–water partition coefficient (Wildman–Crippen LogP) is 2.76. The van der Waals surface area contributed by atoms with Gasteiger partial charge >= 0.3 is 5.97 Å². The van der Waals surface area contributed by atoms with Gasteiger partial charge in [0.2, 0.25) is 0 Å². The topological polar surface area (TPSA) is 99.0 Å². The third kappa shape index (κ3) is 5.28. The van der Waals surface area contributed by atoms with Gasteiger partial charge in [0.25, 0.3) is 5.91 Å². The van der Waals surface area contributed by atoms with Crippen LogP contribution in [0.4, 0.5) is 5.69 Å². The van der Waals surface area contributed by atoms with Gasteiger partial charge in [0.1, 0.15) is 6.33 Å². The summed E-state index contributed by atoms with van der Waals surface area (Å²) < 4.78 is 6.66. The zero-order valence-corrected chi connectivity index (χ0v) is 17.1. The number of carbonyl (C=O) groups excluding carboxylic acids is 2. The maximum atomic E-state index is 12.7. The summed E-state index contributed by atoms with van der Waals surface area (Å²) in [7, 11) is 0. The molecule has 8 heteroatoms. The van der Waals surface area contributed by atoms with Crippen molar-refractivity contribution in [2.75, 3.05) is 11.9 Å². The van der Waals surface area contributed by atoms with E-state index in [4.69, 9.17) is 4.74 Å². The van der Waals surface area contributed by atoms with Crippen molar-refractivity contribution in [1.82, 2.24) is 20.2 Å². The minimum Gasteiger partial charge on any atom is -0.454 e. The number of tetrazole rings is 1. The van der Waals surface area contributed by atoms with Crippen molar-refractivity contribution in [3.63, 3.8) is 0 Å². The number of rotatable bonds is 9. The van der Waals surface area contributed by atoms with Gasteiger partial charge < -0.3 is 10.1 Å². The molecule has 2 aromatic carbocycles. The first-order valence-corrected chi connectivity index (χ1v) is 9.96. The molecule has 0 aliphatic carbocycles. The monoisotopic (exact) mass is 407 g/mol. The second kappa shape index (κ2) is 10.3. The number of hydrogen-bond donors (Lipinski definition) is 1. The maximum Gasteiger partial charge on any atom is 0.331 e. The Hall–Kier alpha value is -3.55. The van der Waals surface area contributed by atoms with Crippen LogP contribution in [0, 0.1) is 0 Å². The van der Waals surface area contributed by atoms with Gasteiger partial charge in [-0.1, -0.05) is 62.4 Å². The first-order chi connectivity index (χ1) is 14.6. The fourth-order valence-electron chi connectivity index (χ4n) is 3.24. The summed E-state index contributed by atoms with van der Waals surface area (Å²) in [5.41, 5.74) is 3.82. The number of amides is 1. The zero-order valence-electron chi connectivity index (χ0n) is 17.1. The molecule has 30 heavy (non-hydrogen) atoms. The largest absolute Gasteiger partial charge is 0.454 e. The SMILES string of the molecule is CCc1cccc(CC)c1NC(=O)COC(=O)[C@@H](Cc1ccccc1)n1cnnn1. The minimum absolute atomic E-state index is 0.352. The van der Waals surface area contributed by atoms with Gasteiger partial charge in [-0.15, -0.1) is 5.10 Å². The molecular formula is C22H25N5O3. The fraction of sp³-hybridized carbons (Fsp3) is 0.318. The molecule has 156 valence electrons. The van der Waals surface area contributed by atoms with Crippen molar-refractivity contribution in [1.29, 1.82) is 0 Å². The van der Waals surface area contributed by atoms with Crippen molar-refractivity contribution in [3.8, 4) is 0 Å². The highest BCUT2D eigenvalue weighted by Gasteiger charge is 2.25. The Morgan fingerprint density at radius 3 is 2.33 bits per heavy atom. The molecule has 0 fully saturated rings. The van der Waals surface area contributed by atoms with Crippen LogP contribution in [0.1, 0.15) is 36.6 Å². The van der Waals surface area contributed by atoms with Crippen molar-refractivity contribution in [2.45, 2.75) is 39.2 Å². The Morgan fingerprint density at radius 1 is 1.03 bits per heavy atom. The quantitative estimate of drug-likeness (QED) is 0.548. The number of aromatic nitrogens is 4. The first-order valence-electron chi connectivity index (χ1n) is 9.96. The average molecular weight is 407 g/mol. The number of carbonyl (C=O) groups is 2. The van der Waals surface area contributed by atoms with Gasteiger partial charge in [0.15, 0.2) is 12.6 Å². The van der Waals surface area contributed by atoms with E-state index >= 15 is 0 Å². The lowest BCUT2D eigenvalue weighted by Gasteiger charge is -2.17. The van der Waals surface area contributed by atoms with Crippen LogP contribution in [0.15, 0.2) is 54.9 Å². The number of para-hydroxylation sites is 1. The summed E-state index contributed by atoms with van der Waals surface area (Å²) in [6, 6.07) is 14.7. The minimum atomic E-state index is -0.760. The standard InChI is InChI=1S/C22H25N5O3/c1-3-17-11-8-12-18(4-2)21(17)24-20(28)14-30-22(29)19(27-15-23-25-26-27)13-16-9-6-5-7-10-16/h5-12,15,19H,3-4,13-14H2,1-2H3,(H,24,28)/t19-/m1/s1. The summed E-state index contributed by atoms with van der Waals surface area (Å²) in [6.07, 6.45) is 3.30. The summed E-state index contributed by atoms with van der Waals surface area (Å²) in [4.78, 5) is 25.2. The van der Waals surface area contributed by atoms with Gasteiger partial charge in [-0.25, -0.2) is 9.48 Å². The lowest BCUT2D eigenvalue weighted by Crippen LogP contribution is -2.28. The predicted molar refractivity (Wildman–Crippen MR) is 112 cm³/mol. The second-order valence-corrected chi connectivity index (χ2v) is 6.81. The van der Waals surface area contributed by atoms with E-state index < -0.39 is 12.0 Å². The molecule has 1 aromatic heterocycles. The van der Waals surface area contributed by atoms with Crippen molar-refractivity contribution < 1.29 is 14.3 Å². The van der Waals surface area contributed by atoms with Gasteiger partial charge in [0.05, 0.1) is 0 Å². The Bertz CT molecular complexity index is 951. The molecular weight excluding hydrogens is 382 g/mol. The summed E-state index contributed by atoms with van der Waals surface area (Å²) in [5.74, 6) is -0.949. The molecule has 8 nitrogen and oxygen atoms in total. The third-order valence-electron chi connectivity index (χ3n) is 4.84. The molecule has 3 rings (SSSR count). The zero-order chi connectivity index (χ0) is 21.3. The van der Waals surface area contributed by atoms with Crippen LogP contribution in [-0.4, -0.2) is 38.7 Å². The van der Waals surface area contributed by atoms with Crippen LogP contribution in [0.3, 0.4) is 0 Å². The molecule has 0 spiro atoms. The maximum absolute atomic E-state index is 12.7. The highest BCUT2D eigenvalue weighted by atomic mass is 16.5. The van der Waals surface area contributed by atoms with Crippen LogP contribution >= 0.6 is 0 Å². The molecule has 1 atom stereocenters. The first kappa shape index (κ1) is 21.2. The van der Waals surface area contributed by atoms with E-state index in [1.54, 1.807) is 0 Å². The molecule has 0 bridgehead atoms. The van der Waals surface area contributed by atoms with Crippen LogP contribution in [0.25, 0.3) is 0 Å². The van der Waals surface area contributed by atoms with Crippen molar-refractivity contribution >= 4 is 17.6 Å². The Morgan fingerprint density at radius 2 is 1.73 bits per heavy atom. The number of esters is 1. The number of hydrogen-bond acceptors (Lipinski definition) is 6. The van der Waals surface area contributed by atoms with Gasteiger partial charge in [-0.05, 0) is 40.0 Å². The summed E-state index contributed by atoms with van der Waals surface area (Å²) in [5, 5.41) is 13.9. The van der Waals surface area contributed by atoms with Crippen LogP contribution in [0.5, 0.6) is 0 Å². The number of anilines is 1. The molecule has 0 saturated heterocycles. The Balaban J connectivity index is 1.66. The summed E-state index contributed by atoms with van der Waals surface area (Å²) >= 11 is 0. The lowest BCUT2D eigenvalue weighted by molar-refractivity contribution is -0.151. The van der Waals surface area contributed by atoms with E-state index in [-0.39, 0.29) is 12.5 Å². The van der Waals surface area contributed by atoms with Gasteiger partial charge in [-0.3, -0.25) is 4.79 Å². The lowest BCUT2D eigenvalue weighted by atomic mass is 10.0. The molecule has 0 aliphatic heterocycles. The third-order valence-corrected chi connectivity index (χ3v) is 4.84. The van der Waals surface area contributed by atoms with Gasteiger partial charge in [-0.2, -0.15) is 0 Å². The van der Waals surface area contributed by atoms with Crippen LogP contribution < -0.4 is 5.32 Å². The Kier molecular flexibility index (Phi) is 7.26. The molecule has 0 saturated carbocycles. The van der Waals surface area contributed by atoms with Crippen molar-refractivity contribution in [3.05, 3.63) is 71.5 Å². The van der Waals surface area contributed by atoms with E-state index in [1.807, 2.05) is 62.4 Å². The number of benzene rings is 2. The van der Waals surface area contributed by atoms with E-state index in [1.165, 1.54) is 11.0 Å². The van der Waals surface area contributed by atoms with E-state index in [2.05, 4.69) is 20.8 Å². The Labute approximate surface area is 175 Å². The molecule has 1 amide bonds. The van der Waals surface area contributed by atoms with Gasteiger partial charge in [0, 0.05) is 12.1 Å². The number of nitrogens with one attached hydrogen (secondary N) is 1. The van der Waals surface area contributed by atoms with E-state index in [9.17, 15) is 9.59 Å². The second-order valence-electron chi connectivity index (χ2n) is 6.81. The van der Waals surface area contributed by atoms with Crippen LogP contribution in [-0.2, 0) is 33.6 Å². The molecule has 0 unspecified atom stereocenters. The molecule has 0 aliphatic rings. The number of ether oxygens (including phenoxy) is 1. The molecule has 1 heterocycles. The highest BCUT2D eigenvalue weighted by Crippen LogP contribution is 2.22. The van der Waals surface area contributed by atoms with Crippen LogP contribution in [0.2, 0.25) is 0 Å². The number of nitrogens with zero attached hydrogens (tertiary/aromatic N) is 4.